The molecule has 0 aromatic heterocycles. The number of nitrogens with one attached hydrogen (secondary N) is 1. The predicted molar refractivity (Wildman–Crippen MR) is 82.3 cm³/mol. The minimum absolute atomic E-state index is 0.0282. The standard InChI is InChI=1S/C17H23NO4/c1-2-21-17(20)15(11-13-7-4-3-5-8-13)18-16(19)12-14-9-6-10-22-14/h3-5,7-8,14-15H,2,6,9-12H2,1H3,(H,18,19)/t14-,15+/m0/s1. The van der Waals surface area contributed by atoms with Gasteiger partial charge in [-0.05, 0) is 25.3 Å². The number of ether oxygens (including phenoxy) is 2. The molecule has 5 nitrogen and oxygen atoms in total. The van der Waals surface area contributed by atoms with Gasteiger partial charge in [0, 0.05) is 13.0 Å². The third kappa shape index (κ3) is 5.15. The van der Waals surface area contributed by atoms with Crippen molar-refractivity contribution < 1.29 is 19.1 Å². The van der Waals surface area contributed by atoms with Gasteiger partial charge in [-0.25, -0.2) is 4.79 Å². The van der Waals surface area contributed by atoms with E-state index in [4.69, 9.17) is 9.47 Å². The van der Waals surface area contributed by atoms with Crippen LogP contribution in [0.15, 0.2) is 30.3 Å². The van der Waals surface area contributed by atoms with Crippen LogP contribution in [0.2, 0.25) is 0 Å². The third-order valence-electron chi connectivity index (χ3n) is 3.63. The second kappa shape index (κ2) is 8.54. The van der Waals surface area contributed by atoms with Crippen molar-refractivity contribution in [3.8, 4) is 0 Å². The molecule has 1 aromatic carbocycles. The number of hydrogen-bond acceptors (Lipinski definition) is 4. The number of benzene rings is 1. The van der Waals surface area contributed by atoms with Gasteiger partial charge in [0.05, 0.1) is 19.1 Å². The Morgan fingerprint density at radius 1 is 1.36 bits per heavy atom. The van der Waals surface area contributed by atoms with Crippen LogP contribution in [0.1, 0.15) is 31.7 Å². The van der Waals surface area contributed by atoms with Crippen molar-refractivity contribution in [2.75, 3.05) is 13.2 Å². The van der Waals surface area contributed by atoms with Gasteiger partial charge in [-0.2, -0.15) is 0 Å². The van der Waals surface area contributed by atoms with Crippen LogP contribution in [-0.4, -0.2) is 37.2 Å². The number of carbonyl (C=O) groups is 2. The Kier molecular flexibility index (Phi) is 6.40. The summed E-state index contributed by atoms with van der Waals surface area (Å²) in [5.74, 6) is -0.562. The average Bonchev–Trinajstić information content (AvgIpc) is 3.00. The molecule has 1 aliphatic rings. The molecule has 0 saturated carbocycles. The van der Waals surface area contributed by atoms with Crippen molar-refractivity contribution in [1.29, 1.82) is 0 Å². The van der Waals surface area contributed by atoms with Crippen molar-refractivity contribution in [2.45, 2.75) is 44.8 Å². The Bertz CT molecular complexity index is 483. The Labute approximate surface area is 131 Å². The number of carbonyl (C=O) groups excluding carboxylic acids is 2. The summed E-state index contributed by atoms with van der Waals surface area (Å²) >= 11 is 0. The Morgan fingerprint density at radius 2 is 2.14 bits per heavy atom. The van der Waals surface area contributed by atoms with Gasteiger partial charge < -0.3 is 14.8 Å². The van der Waals surface area contributed by atoms with E-state index in [1.54, 1.807) is 6.92 Å². The van der Waals surface area contributed by atoms with E-state index in [0.29, 0.717) is 26.1 Å². The van der Waals surface area contributed by atoms with E-state index in [1.807, 2.05) is 30.3 Å². The first-order chi connectivity index (χ1) is 10.7. The first-order valence-corrected chi connectivity index (χ1v) is 7.80. The van der Waals surface area contributed by atoms with Gasteiger partial charge in [-0.15, -0.1) is 0 Å². The number of hydrogen-bond donors (Lipinski definition) is 1. The van der Waals surface area contributed by atoms with Gasteiger partial charge in [0.25, 0.3) is 0 Å². The van der Waals surface area contributed by atoms with Gasteiger partial charge in [0.2, 0.25) is 5.91 Å². The Morgan fingerprint density at radius 3 is 2.77 bits per heavy atom. The minimum atomic E-state index is -0.656. The maximum absolute atomic E-state index is 12.1. The van der Waals surface area contributed by atoms with Crippen LogP contribution in [0.4, 0.5) is 0 Å². The molecule has 0 spiro atoms. The maximum atomic E-state index is 12.1. The molecule has 1 fully saturated rings. The summed E-state index contributed by atoms with van der Waals surface area (Å²) in [6.45, 7) is 2.76. The van der Waals surface area contributed by atoms with Gasteiger partial charge >= 0.3 is 5.97 Å². The van der Waals surface area contributed by atoms with Crippen LogP contribution in [0.3, 0.4) is 0 Å². The van der Waals surface area contributed by atoms with Crippen molar-refractivity contribution in [1.82, 2.24) is 5.32 Å². The van der Waals surface area contributed by atoms with E-state index in [2.05, 4.69) is 5.32 Å². The average molecular weight is 305 g/mol. The summed E-state index contributed by atoms with van der Waals surface area (Å²) in [4.78, 5) is 24.2. The molecule has 0 unspecified atom stereocenters. The first kappa shape index (κ1) is 16.5. The quantitative estimate of drug-likeness (QED) is 0.781. The SMILES string of the molecule is CCOC(=O)[C@@H](Cc1ccccc1)NC(=O)C[C@@H]1CCCO1. The van der Waals surface area contributed by atoms with E-state index in [-0.39, 0.29) is 12.0 Å². The molecule has 2 atom stereocenters. The van der Waals surface area contributed by atoms with Crippen molar-refractivity contribution in [2.24, 2.45) is 0 Å². The highest BCUT2D eigenvalue weighted by Gasteiger charge is 2.25. The Balaban J connectivity index is 1.94. The highest BCUT2D eigenvalue weighted by Crippen LogP contribution is 2.15. The van der Waals surface area contributed by atoms with Crippen LogP contribution >= 0.6 is 0 Å². The summed E-state index contributed by atoms with van der Waals surface area (Å²) in [5.41, 5.74) is 0.984. The van der Waals surface area contributed by atoms with Crippen molar-refractivity contribution in [3.63, 3.8) is 0 Å². The van der Waals surface area contributed by atoms with Gasteiger partial charge in [-0.1, -0.05) is 30.3 Å². The predicted octanol–water partition coefficient (Wildman–Crippen LogP) is 1.85. The molecule has 1 N–H and O–H groups in total. The number of rotatable bonds is 7. The summed E-state index contributed by atoms with van der Waals surface area (Å²) in [7, 11) is 0. The normalized spacial score (nSPS) is 18.7. The molecule has 1 amide bonds. The summed E-state index contributed by atoms with van der Waals surface area (Å²) in [6, 6.07) is 8.93. The molecular formula is C17H23NO4. The molecule has 0 radical (unpaired) electrons. The molecule has 1 aromatic rings. The number of amides is 1. The lowest BCUT2D eigenvalue weighted by atomic mass is 10.1. The molecule has 1 aliphatic heterocycles. The fraction of sp³-hybridized carbons (Fsp3) is 0.529. The second-order valence-electron chi connectivity index (χ2n) is 5.40. The summed E-state index contributed by atoms with van der Waals surface area (Å²) in [5, 5.41) is 2.78. The monoisotopic (exact) mass is 305 g/mol. The lowest BCUT2D eigenvalue weighted by molar-refractivity contribution is -0.147. The molecule has 1 saturated heterocycles. The number of esters is 1. The van der Waals surface area contributed by atoms with Gasteiger partial charge in [0.15, 0.2) is 0 Å². The second-order valence-corrected chi connectivity index (χ2v) is 5.40. The summed E-state index contributed by atoms with van der Waals surface area (Å²) in [6.07, 6.45) is 2.58. The zero-order chi connectivity index (χ0) is 15.8. The smallest absolute Gasteiger partial charge is 0.328 e. The van der Waals surface area contributed by atoms with E-state index < -0.39 is 12.0 Å². The fourth-order valence-electron chi connectivity index (χ4n) is 2.55. The molecule has 0 bridgehead atoms. The van der Waals surface area contributed by atoms with Crippen molar-refractivity contribution >= 4 is 11.9 Å². The topological polar surface area (TPSA) is 64.6 Å². The van der Waals surface area contributed by atoms with Crippen molar-refractivity contribution in [3.05, 3.63) is 35.9 Å². The molecule has 1 heterocycles. The van der Waals surface area contributed by atoms with Crippen LogP contribution < -0.4 is 5.32 Å². The van der Waals surface area contributed by atoms with E-state index in [1.165, 1.54) is 0 Å². The highest BCUT2D eigenvalue weighted by atomic mass is 16.5. The van der Waals surface area contributed by atoms with E-state index in [9.17, 15) is 9.59 Å². The molecule has 120 valence electrons. The van der Waals surface area contributed by atoms with Crippen LogP contribution in [0.5, 0.6) is 0 Å². The lowest BCUT2D eigenvalue weighted by Gasteiger charge is -2.18. The molecule has 0 aliphatic carbocycles. The first-order valence-electron chi connectivity index (χ1n) is 7.80. The lowest BCUT2D eigenvalue weighted by Crippen LogP contribution is -2.44. The largest absolute Gasteiger partial charge is 0.464 e. The van der Waals surface area contributed by atoms with E-state index >= 15 is 0 Å². The zero-order valence-electron chi connectivity index (χ0n) is 12.9. The summed E-state index contributed by atoms with van der Waals surface area (Å²) < 4.78 is 10.5. The molecule has 2 rings (SSSR count). The third-order valence-corrected chi connectivity index (χ3v) is 3.63. The maximum Gasteiger partial charge on any atom is 0.328 e. The van der Waals surface area contributed by atoms with Gasteiger partial charge in [0.1, 0.15) is 6.04 Å². The molecule has 22 heavy (non-hydrogen) atoms. The van der Waals surface area contributed by atoms with Crippen LogP contribution in [-0.2, 0) is 25.5 Å². The highest BCUT2D eigenvalue weighted by molar-refractivity contribution is 5.85. The molecular weight excluding hydrogens is 282 g/mol. The fourth-order valence-corrected chi connectivity index (χ4v) is 2.55. The molecule has 5 heteroatoms. The minimum Gasteiger partial charge on any atom is -0.464 e. The zero-order valence-corrected chi connectivity index (χ0v) is 12.9. The van der Waals surface area contributed by atoms with Crippen LogP contribution in [0, 0.1) is 0 Å². The van der Waals surface area contributed by atoms with Gasteiger partial charge in [-0.3, -0.25) is 4.79 Å². The van der Waals surface area contributed by atoms with E-state index in [0.717, 1.165) is 18.4 Å². The Hall–Kier alpha value is -1.88. The van der Waals surface area contributed by atoms with Crippen LogP contribution in [0.25, 0.3) is 0 Å².